The van der Waals surface area contributed by atoms with Gasteiger partial charge in [-0.2, -0.15) is 0 Å². The molecule has 0 spiro atoms. The summed E-state index contributed by atoms with van der Waals surface area (Å²) in [7, 11) is 1.68. The molecule has 5 heteroatoms. The number of aromatic nitrogens is 2. The van der Waals surface area contributed by atoms with Gasteiger partial charge in [0.2, 0.25) is 0 Å². The molecule has 0 saturated carbocycles. The molecular weight excluding hydrogens is 242 g/mol. The van der Waals surface area contributed by atoms with Crippen molar-refractivity contribution in [3.63, 3.8) is 0 Å². The monoisotopic (exact) mass is 261 g/mol. The minimum absolute atomic E-state index is 0.637. The van der Waals surface area contributed by atoms with Crippen LogP contribution in [0, 0.1) is 20.8 Å². The van der Waals surface area contributed by atoms with E-state index in [0.29, 0.717) is 13.1 Å². The Hall–Kier alpha value is -1.88. The van der Waals surface area contributed by atoms with E-state index in [9.17, 15) is 0 Å². The summed E-state index contributed by atoms with van der Waals surface area (Å²) in [6.45, 7) is 7.23. The Balaban J connectivity index is 2.00. The highest BCUT2D eigenvalue weighted by atomic mass is 16.5. The molecular formula is C14H19N3O2. The number of nitrogens with zero attached hydrogens (tertiary/aromatic N) is 2. The lowest BCUT2D eigenvalue weighted by Gasteiger charge is -2.12. The van der Waals surface area contributed by atoms with Gasteiger partial charge in [0.25, 0.3) is 0 Å². The smallest absolute Gasteiger partial charge is 0.150 e. The lowest BCUT2D eigenvalue weighted by molar-refractivity contribution is 0.369. The zero-order chi connectivity index (χ0) is 13.8. The molecule has 0 fully saturated rings. The summed E-state index contributed by atoms with van der Waals surface area (Å²) in [5.74, 6) is 1.73. The van der Waals surface area contributed by atoms with Crippen LogP contribution in [0.2, 0.25) is 0 Å². The van der Waals surface area contributed by atoms with E-state index in [1.165, 1.54) is 0 Å². The molecule has 5 nitrogen and oxygen atoms in total. The minimum Gasteiger partial charge on any atom is -0.496 e. The van der Waals surface area contributed by atoms with Gasteiger partial charge in [-0.1, -0.05) is 5.16 Å². The average molecular weight is 261 g/mol. The van der Waals surface area contributed by atoms with E-state index in [2.05, 4.69) is 15.5 Å². The van der Waals surface area contributed by atoms with Crippen LogP contribution in [-0.2, 0) is 13.1 Å². The Morgan fingerprint density at radius 1 is 1.26 bits per heavy atom. The fraction of sp³-hybridized carbons (Fsp3) is 0.429. The van der Waals surface area contributed by atoms with E-state index < -0.39 is 0 Å². The van der Waals surface area contributed by atoms with Gasteiger partial charge in [0.05, 0.1) is 25.0 Å². The molecule has 102 valence electrons. The van der Waals surface area contributed by atoms with E-state index in [-0.39, 0.29) is 0 Å². The average Bonchev–Trinajstić information content (AvgIpc) is 2.79. The normalized spacial score (nSPS) is 10.7. The molecule has 2 aromatic heterocycles. The van der Waals surface area contributed by atoms with Gasteiger partial charge in [-0.15, -0.1) is 0 Å². The summed E-state index contributed by atoms with van der Waals surface area (Å²) in [5.41, 5.74) is 4.00. The van der Waals surface area contributed by atoms with Gasteiger partial charge in [-0.05, 0) is 20.8 Å². The van der Waals surface area contributed by atoms with E-state index in [0.717, 1.165) is 34.0 Å². The van der Waals surface area contributed by atoms with Gasteiger partial charge >= 0.3 is 0 Å². The molecule has 0 bridgehead atoms. The van der Waals surface area contributed by atoms with Crippen LogP contribution in [0.4, 0.5) is 0 Å². The fourth-order valence-corrected chi connectivity index (χ4v) is 2.05. The van der Waals surface area contributed by atoms with Crippen molar-refractivity contribution in [3.05, 3.63) is 40.5 Å². The van der Waals surface area contributed by atoms with E-state index in [1.54, 1.807) is 7.11 Å². The number of hydrogen-bond acceptors (Lipinski definition) is 5. The van der Waals surface area contributed by atoms with Crippen LogP contribution in [0.5, 0.6) is 5.75 Å². The molecule has 0 aliphatic rings. The van der Waals surface area contributed by atoms with E-state index in [4.69, 9.17) is 9.26 Å². The number of aryl methyl sites for hydroxylation is 2. The van der Waals surface area contributed by atoms with Crippen molar-refractivity contribution in [1.29, 1.82) is 0 Å². The third kappa shape index (κ3) is 3.12. The Morgan fingerprint density at radius 3 is 2.68 bits per heavy atom. The summed E-state index contributed by atoms with van der Waals surface area (Å²) in [4.78, 5) is 4.43. The van der Waals surface area contributed by atoms with E-state index in [1.807, 2.05) is 33.0 Å². The van der Waals surface area contributed by atoms with Crippen LogP contribution < -0.4 is 10.1 Å². The third-order valence-electron chi connectivity index (χ3n) is 3.02. The minimum atomic E-state index is 0.637. The molecule has 0 radical (unpaired) electrons. The number of ether oxygens (including phenoxy) is 1. The lowest BCUT2D eigenvalue weighted by Crippen LogP contribution is -2.15. The van der Waals surface area contributed by atoms with Crippen LogP contribution in [0.25, 0.3) is 0 Å². The van der Waals surface area contributed by atoms with E-state index >= 15 is 0 Å². The lowest BCUT2D eigenvalue weighted by atomic mass is 10.1. The molecule has 0 aliphatic carbocycles. The van der Waals surface area contributed by atoms with Crippen LogP contribution in [0.1, 0.15) is 28.3 Å². The molecule has 0 atom stereocenters. The van der Waals surface area contributed by atoms with Gasteiger partial charge < -0.3 is 14.6 Å². The topological polar surface area (TPSA) is 60.2 Å². The maximum absolute atomic E-state index is 5.39. The highest BCUT2D eigenvalue weighted by Gasteiger charge is 2.09. The molecule has 2 heterocycles. The third-order valence-corrected chi connectivity index (χ3v) is 3.02. The van der Waals surface area contributed by atoms with Crippen molar-refractivity contribution < 1.29 is 9.26 Å². The zero-order valence-electron chi connectivity index (χ0n) is 11.8. The number of nitrogens with one attached hydrogen (secondary N) is 1. The first kappa shape index (κ1) is 13.5. The SMILES string of the molecule is COc1c(C)cnc(CNCc2cc(C)no2)c1C. The first-order valence-electron chi connectivity index (χ1n) is 6.23. The molecule has 0 aromatic carbocycles. The van der Waals surface area contributed by atoms with Crippen molar-refractivity contribution in [2.24, 2.45) is 0 Å². The molecule has 2 aromatic rings. The first-order chi connectivity index (χ1) is 9.11. The number of methoxy groups -OCH3 is 1. The van der Waals surface area contributed by atoms with Crippen molar-refractivity contribution >= 4 is 0 Å². The van der Waals surface area contributed by atoms with Crippen LogP contribution in [-0.4, -0.2) is 17.3 Å². The number of pyridine rings is 1. The molecule has 19 heavy (non-hydrogen) atoms. The van der Waals surface area contributed by atoms with Gasteiger partial charge in [-0.3, -0.25) is 4.98 Å². The quantitative estimate of drug-likeness (QED) is 0.894. The fourth-order valence-electron chi connectivity index (χ4n) is 2.05. The zero-order valence-corrected chi connectivity index (χ0v) is 11.8. The molecule has 2 rings (SSSR count). The molecule has 0 saturated heterocycles. The highest BCUT2D eigenvalue weighted by molar-refractivity contribution is 5.40. The summed E-state index contributed by atoms with van der Waals surface area (Å²) < 4.78 is 10.5. The molecule has 1 N–H and O–H groups in total. The first-order valence-corrected chi connectivity index (χ1v) is 6.23. The van der Waals surface area contributed by atoms with Crippen molar-refractivity contribution in [2.45, 2.75) is 33.9 Å². The Bertz CT molecular complexity index is 564. The standard InChI is InChI=1S/C14H19N3O2/c1-9-6-16-13(11(3)14(9)18-4)8-15-7-12-5-10(2)17-19-12/h5-6,15H,7-8H2,1-4H3. The van der Waals surface area contributed by atoms with Gasteiger partial charge in [0.1, 0.15) is 5.75 Å². The van der Waals surface area contributed by atoms with Crippen molar-refractivity contribution in [1.82, 2.24) is 15.5 Å². The second-order valence-electron chi connectivity index (χ2n) is 4.58. The van der Waals surface area contributed by atoms with Gasteiger partial charge in [-0.25, -0.2) is 0 Å². The Morgan fingerprint density at radius 2 is 2.05 bits per heavy atom. The van der Waals surface area contributed by atoms with Crippen LogP contribution in [0.3, 0.4) is 0 Å². The summed E-state index contributed by atoms with van der Waals surface area (Å²) >= 11 is 0. The Kier molecular flexibility index (Phi) is 4.16. The molecule has 0 aliphatic heterocycles. The molecule has 0 amide bonds. The second-order valence-corrected chi connectivity index (χ2v) is 4.58. The van der Waals surface area contributed by atoms with Crippen molar-refractivity contribution in [3.8, 4) is 5.75 Å². The second kappa shape index (κ2) is 5.84. The maximum atomic E-state index is 5.39. The largest absolute Gasteiger partial charge is 0.496 e. The highest BCUT2D eigenvalue weighted by Crippen LogP contribution is 2.23. The number of rotatable bonds is 5. The summed E-state index contributed by atoms with van der Waals surface area (Å²) in [6, 6.07) is 1.92. The predicted molar refractivity (Wildman–Crippen MR) is 72.0 cm³/mol. The van der Waals surface area contributed by atoms with Gasteiger partial charge in [0, 0.05) is 29.9 Å². The summed E-state index contributed by atoms with van der Waals surface area (Å²) in [6.07, 6.45) is 1.83. The Labute approximate surface area is 113 Å². The van der Waals surface area contributed by atoms with Crippen LogP contribution >= 0.6 is 0 Å². The van der Waals surface area contributed by atoms with Gasteiger partial charge in [0.15, 0.2) is 5.76 Å². The number of hydrogen-bond donors (Lipinski definition) is 1. The van der Waals surface area contributed by atoms with Crippen molar-refractivity contribution in [2.75, 3.05) is 7.11 Å². The molecule has 0 unspecified atom stereocenters. The summed E-state index contributed by atoms with van der Waals surface area (Å²) in [5, 5.41) is 7.14. The maximum Gasteiger partial charge on any atom is 0.150 e. The van der Waals surface area contributed by atoms with Crippen LogP contribution in [0.15, 0.2) is 16.8 Å². The predicted octanol–water partition coefficient (Wildman–Crippen LogP) is 2.29.